The van der Waals surface area contributed by atoms with Crippen LogP contribution in [0.15, 0.2) is 52.8 Å². The van der Waals surface area contributed by atoms with Crippen molar-refractivity contribution in [2.24, 2.45) is 73.8 Å². The number of aliphatic hydroxyl groups excluding tert-OH is 1. The van der Waals surface area contributed by atoms with Crippen molar-refractivity contribution in [2.45, 2.75) is 237 Å². The molecule has 0 saturated carbocycles. The highest BCUT2D eigenvalue weighted by Crippen LogP contribution is 2.20. The topological polar surface area (TPSA) is 709 Å². The molecule has 1 fully saturated rings. The lowest BCUT2D eigenvalue weighted by Crippen LogP contribution is -2.62. The summed E-state index contributed by atoms with van der Waals surface area (Å²) in [5.41, 5.74) is 39.6. The van der Waals surface area contributed by atoms with Gasteiger partial charge in [0.15, 0.2) is 11.9 Å². The van der Waals surface area contributed by atoms with Gasteiger partial charge in [-0.25, -0.2) is 9.78 Å². The molecule has 0 bridgehead atoms. The van der Waals surface area contributed by atoms with Gasteiger partial charge in [-0.1, -0.05) is 92.1 Å². The first kappa shape index (κ1) is 99.6. The Labute approximate surface area is 679 Å². The molecule has 30 N–H and O–H groups in total. The van der Waals surface area contributed by atoms with Gasteiger partial charge in [0.2, 0.25) is 88.6 Å². The second-order valence-electron chi connectivity index (χ2n) is 29.8. The predicted octanol–water partition coefficient (Wildman–Crippen LogP) is -7.31. The van der Waals surface area contributed by atoms with Crippen LogP contribution in [0.5, 0.6) is 0 Å². The lowest BCUT2D eigenvalue weighted by Gasteiger charge is -2.30. The Balaban J connectivity index is 1.78. The van der Waals surface area contributed by atoms with Gasteiger partial charge in [-0.2, -0.15) is 0 Å². The normalized spacial score (nSPS) is 16.1. The molecule has 1 aromatic carbocycles. The molecule has 652 valence electrons. The molecule has 3 rings (SSSR count). The molecule has 15 amide bonds. The first-order valence-corrected chi connectivity index (χ1v) is 39.1. The lowest BCUT2D eigenvalue weighted by molar-refractivity contribution is -0.143. The van der Waals surface area contributed by atoms with Crippen LogP contribution >= 0.6 is 0 Å². The molecular formula is C74H123N25O18. The zero-order valence-corrected chi connectivity index (χ0v) is 68.1. The van der Waals surface area contributed by atoms with E-state index in [9.17, 15) is 86.9 Å². The van der Waals surface area contributed by atoms with E-state index in [1.165, 1.54) is 40.2 Å². The number of H-pyrrole nitrogens is 1. The van der Waals surface area contributed by atoms with Gasteiger partial charge in [0.05, 0.1) is 31.9 Å². The molecule has 2 aromatic rings. The molecule has 117 heavy (non-hydrogen) atoms. The minimum absolute atomic E-state index is 0.0239. The van der Waals surface area contributed by atoms with Crippen LogP contribution in [0.25, 0.3) is 0 Å². The summed E-state index contributed by atoms with van der Waals surface area (Å²) in [7, 11) is 0. The maximum absolute atomic E-state index is 14.6. The van der Waals surface area contributed by atoms with Gasteiger partial charge in [-0.3, -0.25) is 81.9 Å². The number of aliphatic imine (C=N–C) groups is 2. The highest BCUT2D eigenvalue weighted by atomic mass is 16.4. The van der Waals surface area contributed by atoms with Crippen LogP contribution in [0.1, 0.15) is 151 Å². The van der Waals surface area contributed by atoms with Crippen molar-refractivity contribution in [3.8, 4) is 0 Å². The van der Waals surface area contributed by atoms with E-state index in [0.29, 0.717) is 36.9 Å². The number of hydrogen-bond donors (Lipinski definition) is 23. The van der Waals surface area contributed by atoms with Gasteiger partial charge in [-0.15, -0.1) is 0 Å². The van der Waals surface area contributed by atoms with Gasteiger partial charge in [0, 0.05) is 44.4 Å². The number of aromatic nitrogens is 2. The number of guanidine groups is 2. The number of rotatable bonds is 52. The molecule has 1 aliphatic heterocycles. The van der Waals surface area contributed by atoms with Crippen LogP contribution in [0.2, 0.25) is 0 Å². The fraction of sp³-hybridized carbons (Fsp3) is 0.635. The number of carboxylic acid groups (broad SMARTS) is 1. The number of carbonyl (C=O) groups is 16. The van der Waals surface area contributed by atoms with Gasteiger partial charge >= 0.3 is 5.97 Å². The second kappa shape index (κ2) is 50.7. The Morgan fingerprint density at radius 3 is 1.51 bits per heavy atom. The molecule has 2 heterocycles. The molecule has 0 aliphatic carbocycles. The third-order valence-corrected chi connectivity index (χ3v) is 19.1. The molecular weight excluding hydrogens is 1530 g/mol. The molecule has 1 aliphatic rings. The molecule has 1 saturated heterocycles. The fourth-order valence-corrected chi connectivity index (χ4v) is 12.1. The molecule has 43 heteroatoms. The smallest absolute Gasteiger partial charge is 0.326 e. The number of unbranched alkanes of at least 4 members (excludes halogenated alkanes) is 1. The van der Waals surface area contributed by atoms with Gasteiger partial charge in [0.1, 0.15) is 78.5 Å². The summed E-state index contributed by atoms with van der Waals surface area (Å²) >= 11 is 0. The first-order valence-electron chi connectivity index (χ1n) is 39.1. The summed E-state index contributed by atoms with van der Waals surface area (Å²) in [6.45, 7) is 14.4. The van der Waals surface area contributed by atoms with Crippen molar-refractivity contribution in [3.05, 3.63) is 54.1 Å². The predicted molar refractivity (Wildman–Crippen MR) is 428 cm³/mol. The number of benzene rings is 1. The maximum atomic E-state index is 14.6. The van der Waals surface area contributed by atoms with Crippen molar-refractivity contribution >= 4 is 106 Å². The number of nitrogens with two attached hydrogens (primary N) is 7. The van der Waals surface area contributed by atoms with Crippen LogP contribution in [-0.2, 0) is 89.6 Å². The van der Waals surface area contributed by atoms with Gasteiger partial charge in [-0.05, 0) is 107 Å². The molecule has 0 radical (unpaired) electrons. The van der Waals surface area contributed by atoms with Crippen LogP contribution in [0.4, 0.5) is 0 Å². The zero-order valence-electron chi connectivity index (χ0n) is 68.1. The average Bonchev–Trinajstić information content (AvgIpc) is 1.79. The van der Waals surface area contributed by atoms with E-state index >= 15 is 0 Å². The van der Waals surface area contributed by atoms with E-state index < -0.39 is 222 Å². The standard InChI is InChI=1S/C74H123N25O18/c1-11-40(8)58(98-60(104)41(9)87-66(110)52-25-19-29-99(52)71(115)51(35-100)89-54(102)34-85-61(105)45(76)22-17-27-83-73(78)79)70(114)94-50(32-53(77)101)65(109)96-55(37(2)3)67(111)88-42(10)59(103)95-56(38(4)5)68(112)93-49(31-44-33-82-36-86-44)64(108)97-57(39(6)7)69(113)92-48(30-43-20-13-12-14-21-43)63(107)90-46(24-18-28-84-74(80)81)62(106)91-47(72(116)117)23-15-16-26-75/h12-14,20-21,33,36-42,45-52,55-58,100H,11,15-19,22-32,34-35,75-76H2,1-10H3,(H2,77,101)(H,82,86)(H,85,105)(H,87,110)(H,88,111)(H,89,102)(H,90,107)(H,91,106)(H,92,113)(H,93,112)(H,94,114)(H,95,103)(H,96,109)(H,97,108)(H,98,104)(H,116,117)(H4,78,79,83)(H4,80,81,84)/t40-,41-,42-,45-,46-,47-,48-,49-,50-,51-,52-,55-,56-,57-,58-/m0/s1. The summed E-state index contributed by atoms with van der Waals surface area (Å²) in [6, 6.07) is -11.1. The number of amides is 15. The number of aliphatic carboxylic acids is 1. The average molecular weight is 1650 g/mol. The Kier molecular flexibility index (Phi) is 43.1. The van der Waals surface area contributed by atoms with Crippen molar-refractivity contribution < 1.29 is 86.9 Å². The number of aromatic amines is 1. The minimum atomic E-state index is -1.77. The Morgan fingerprint density at radius 2 is 1.00 bits per heavy atom. The van der Waals surface area contributed by atoms with Gasteiger partial charge < -0.3 is 129 Å². The number of aliphatic hydroxyl groups is 1. The molecule has 1 aromatic heterocycles. The summed E-state index contributed by atoms with van der Waals surface area (Å²) in [5.74, 6) is -17.9. The highest BCUT2D eigenvalue weighted by molar-refractivity contribution is 6.01. The maximum Gasteiger partial charge on any atom is 0.326 e. The largest absolute Gasteiger partial charge is 0.480 e. The molecule has 15 atom stereocenters. The number of imidazole rings is 1. The number of nitrogens with zero attached hydrogens (tertiary/aromatic N) is 4. The van der Waals surface area contributed by atoms with Crippen LogP contribution in [-0.4, -0.2) is 255 Å². The highest BCUT2D eigenvalue weighted by Gasteiger charge is 2.42. The monoisotopic (exact) mass is 1650 g/mol. The summed E-state index contributed by atoms with van der Waals surface area (Å²) < 4.78 is 0. The zero-order chi connectivity index (χ0) is 87.9. The van der Waals surface area contributed by atoms with Crippen LogP contribution in [0, 0.1) is 23.7 Å². The van der Waals surface area contributed by atoms with Crippen LogP contribution < -0.4 is 109 Å². The van der Waals surface area contributed by atoms with Crippen molar-refractivity contribution in [2.75, 3.05) is 39.3 Å². The first-order chi connectivity index (χ1) is 55.1. The molecule has 43 nitrogen and oxygen atoms in total. The Morgan fingerprint density at radius 1 is 0.530 bits per heavy atom. The number of carbonyl (C=O) groups excluding carboxylic acids is 15. The van der Waals surface area contributed by atoms with Crippen molar-refractivity contribution in [1.29, 1.82) is 0 Å². The van der Waals surface area contributed by atoms with Crippen molar-refractivity contribution in [1.82, 2.24) is 84.0 Å². The third-order valence-electron chi connectivity index (χ3n) is 19.1. The van der Waals surface area contributed by atoms with E-state index in [0.717, 1.165) is 4.90 Å². The summed E-state index contributed by atoms with van der Waals surface area (Å²) in [6.07, 6.45) is 3.73. The van der Waals surface area contributed by atoms with Crippen molar-refractivity contribution in [3.63, 3.8) is 0 Å². The van der Waals surface area contributed by atoms with Gasteiger partial charge in [0.25, 0.3) is 0 Å². The Hall–Kier alpha value is -11.6. The van der Waals surface area contributed by atoms with Crippen LogP contribution in [0.3, 0.4) is 0 Å². The minimum Gasteiger partial charge on any atom is -0.480 e. The van der Waals surface area contributed by atoms with E-state index in [-0.39, 0.29) is 89.5 Å². The quantitative estimate of drug-likeness (QED) is 0.0166. The number of nitrogens with one attached hydrogen (secondary N) is 14. The number of primary amides is 1. The van der Waals surface area contributed by atoms with E-state index in [1.54, 1.807) is 71.9 Å². The number of likely N-dealkylation sites (tertiary alicyclic amines) is 1. The number of hydrogen-bond acceptors (Lipinski definition) is 22. The van der Waals surface area contributed by atoms with E-state index in [1.807, 2.05) is 0 Å². The lowest BCUT2D eigenvalue weighted by atomic mass is 9.97. The van der Waals surface area contributed by atoms with E-state index in [4.69, 9.17) is 40.1 Å². The molecule has 0 spiro atoms. The second-order valence-corrected chi connectivity index (χ2v) is 29.8. The Bertz CT molecular complexity index is 3730. The van der Waals surface area contributed by atoms with E-state index in [2.05, 4.69) is 89.1 Å². The fourth-order valence-electron chi connectivity index (χ4n) is 12.1. The SMILES string of the molecule is CC[C@H](C)[C@H](NC(=O)[C@H](C)NC(=O)[C@@H]1CCCN1C(=O)[C@H](CO)NC(=O)CNC(=O)[C@@H](N)CCCN=C(N)N)C(=O)N[C@@H](CC(N)=O)C(=O)N[C@H](C(=O)N[C@@H](C)C(=O)N[C@H](C(=O)N[C@@H](Cc1cnc[nH]1)C(=O)N[C@H](C(=O)N[C@@H](Cc1ccccc1)C(=O)N[C@@H](CCCN=C(N)N)C(=O)N[C@@H](CCCCN)C(=O)O)C(C)C)C(C)C)C(C)C. The molecule has 0 unspecified atom stereocenters. The number of carboxylic acids is 1. The third kappa shape index (κ3) is 34.8. The summed E-state index contributed by atoms with van der Waals surface area (Å²) in [5, 5.41) is 53.2. The summed E-state index contributed by atoms with van der Waals surface area (Å²) in [4.78, 5) is 236.